The van der Waals surface area contributed by atoms with Gasteiger partial charge in [-0.3, -0.25) is 4.79 Å². The number of carboxylic acids is 1. The first kappa shape index (κ1) is 21.8. The lowest BCUT2D eigenvalue weighted by Gasteiger charge is -2.20. The fourth-order valence-electron chi connectivity index (χ4n) is 4.42. The second-order valence-electron chi connectivity index (χ2n) is 7.92. The number of rotatable bonds is 7. The maximum atomic E-state index is 10.7. The molecule has 1 aromatic heterocycles. The van der Waals surface area contributed by atoms with Crippen molar-refractivity contribution < 1.29 is 9.90 Å². The summed E-state index contributed by atoms with van der Waals surface area (Å²) in [6, 6.07) is 18.1. The average Bonchev–Trinajstić information content (AvgIpc) is 3.34. The summed E-state index contributed by atoms with van der Waals surface area (Å²) in [6.07, 6.45) is 4.39. The van der Waals surface area contributed by atoms with E-state index < -0.39 is 5.97 Å². The van der Waals surface area contributed by atoms with Crippen LogP contribution in [0.5, 0.6) is 0 Å². The van der Waals surface area contributed by atoms with Crippen molar-refractivity contribution in [1.82, 2.24) is 5.32 Å². The summed E-state index contributed by atoms with van der Waals surface area (Å²) in [7, 11) is 0. The predicted octanol–water partition coefficient (Wildman–Crippen LogP) is 6.33. The zero-order valence-corrected chi connectivity index (χ0v) is 18.3. The summed E-state index contributed by atoms with van der Waals surface area (Å²) >= 11 is 1.83. The van der Waals surface area contributed by atoms with E-state index in [9.17, 15) is 4.79 Å². The number of halogens is 1. The number of aryl methyl sites for hydroxylation is 1. The smallest absolute Gasteiger partial charge is 0.303 e. The Morgan fingerprint density at radius 1 is 1.17 bits per heavy atom. The van der Waals surface area contributed by atoms with Crippen LogP contribution in [0.15, 0.2) is 53.9 Å². The highest BCUT2D eigenvalue weighted by atomic mass is 35.5. The van der Waals surface area contributed by atoms with Crippen LogP contribution in [0.2, 0.25) is 0 Å². The van der Waals surface area contributed by atoms with Crippen LogP contribution in [0.4, 0.5) is 0 Å². The van der Waals surface area contributed by atoms with Crippen LogP contribution < -0.4 is 5.32 Å². The van der Waals surface area contributed by atoms with Gasteiger partial charge in [0.25, 0.3) is 0 Å². The molecule has 3 atom stereocenters. The molecule has 1 heterocycles. The van der Waals surface area contributed by atoms with Gasteiger partial charge >= 0.3 is 5.97 Å². The highest BCUT2D eigenvalue weighted by Crippen LogP contribution is 2.37. The molecule has 0 unspecified atom stereocenters. The number of hydrogen-bond donors (Lipinski definition) is 2. The molecule has 1 saturated carbocycles. The van der Waals surface area contributed by atoms with Gasteiger partial charge in [-0.25, -0.2) is 0 Å². The standard InChI is InChI=1S/C24H27NO2S.ClH/c1-16(22-15-28-23-5-3-2-4-21(22)23)25-20-12-11-19(14-20)18-9-6-17(7-10-18)8-13-24(26)27;/h2-7,9-10,15-16,19-20,25H,8,11-14H2,1H3,(H,26,27);1H/t16-,19+,20+;/m1./s1. The molecule has 1 fully saturated rings. The Kier molecular flexibility index (Phi) is 7.33. The fraction of sp³-hybridized carbons (Fsp3) is 0.375. The zero-order chi connectivity index (χ0) is 19.5. The lowest BCUT2D eigenvalue weighted by molar-refractivity contribution is -0.136. The minimum Gasteiger partial charge on any atom is -0.481 e. The molecule has 0 radical (unpaired) electrons. The molecule has 0 amide bonds. The van der Waals surface area contributed by atoms with E-state index in [0.29, 0.717) is 24.4 Å². The van der Waals surface area contributed by atoms with Crippen molar-refractivity contribution in [1.29, 1.82) is 0 Å². The molecular formula is C24H28ClNO2S. The third-order valence-electron chi connectivity index (χ3n) is 5.97. The molecule has 3 aromatic rings. The van der Waals surface area contributed by atoms with Gasteiger partial charge in [0.05, 0.1) is 0 Å². The molecule has 3 nitrogen and oxygen atoms in total. The summed E-state index contributed by atoms with van der Waals surface area (Å²) in [4.78, 5) is 10.7. The average molecular weight is 430 g/mol. The maximum absolute atomic E-state index is 10.7. The fourth-order valence-corrected chi connectivity index (χ4v) is 5.48. The first-order valence-corrected chi connectivity index (χ1v) is 11.0. The zero-order valence-electron chi connectivity index (χ0n) is 16.6. The first-order chi connectivity index (χ1) is 13.6. The first-order valence-electron chi connectivity index (χ1n) is 10.1. The lowest BCUT2D eigenvalue weighted by Crippen LogP contribution is -2.29. The van der Waals surface area contributed by atoms with Gasteiger partial charge in [-0.1, -0.05) is 42.5 Å². The van der Waals surface area contributed by atoms with Gasteiger partial charge in [0, 0.05) is 23.2 Å². The highest BCUT2D eigenvalue weighted by Gasteiger charge is 2.27. The molecule has 1 aliphatic carbocycles. The van der Waals surface area contributed by atoms with Gasteiger partial charge in [0.2, 0.25) is 0 Å². The Morgan fingerprint density at radius 3 is 2.69 bits per heavy atom. The normalized spacial score (nSPS) is 19.8. The minimum absolute atomic E-state index is 0. The summed E-state index contributed by atoms with van der Waals surface area (Å²) in [5.41, 5.74) is 3.90. The van der Waals surface area contributed by atoms with Crippen LogP contribution in [0.1, 0.15) is 61.3 Å². The summed E-state index contributed by atoms with van der Waals surface area (Å²) in [5.74, 6) is -0.140. The summed E-state index contributed by atoms with van der Waals surface area (Å²) in [5, 5.41) is 16.4. The van der Waals surface area contributed by atoms with Crippen molar-refractivity contribution in [3.05, 3.63) is 70.6 Å². The van der Waals surface area contributed by atoms with Gasteiger partial charge < -0.3 is 10.4 Å². The topological polar surface area (TPSA) is 49.3 Å². The predicted molar refractivity (Wildman–Crippen MR) is 123 cm³/mol. The molecule has 2 N–H and O–H groups in total. The third kappa shape index (κ3) is 5.19. The quantitative estimate of drug-likeness (QED) is 0.461. The number of hydrogen-bond acceptors (Lipinski definition) is 3. The molecule has 29 heavy (non-hydrogen) atoms. The van der Waals surface area contributed by atoms with Crippen LogP contribution in [-0.4, -0.2) is 17.1 Å². The second kappa shape index (κ2) is 9.75. The number of fused-ring (bicyclic) bond motifs is 1. The van der Waals surface area contributed by atoms with Gasteiger partial charge in [-0.15, -0.1) is 23.7 Å². The Hall–Kier alpha value is -1.88. The molecule has 0 aliphatic heterocycles. The van der Waals surface area contributed by atoms with E-state index in [4.69, 9.17) is 5.11 Å². The number of benzene rings is 2. The molecule has 0 saturated heterocycles. The van der Waals surface area contributed by atoms with Crippen LogP contribution in [0.3, 0.4) is 0 Å². The van der Waals surface area contributed by atoms with Crippen LogP contribution in [0, 0.1) is 0 Å². The largest absolute Gasteiger partial charge is 0.481 e. The number of thiophene rings is 1. The minimum atomic E-state index is -0.735. The second-order valence-corrected chi connectivity index (χ2v) is 8.83. The monoisotopic (exact) mass is 429 g/mol. The SMILES string of the molecule is C[C@@H](N[C@H]1CC[C@H](c2ccc(CCC(=O)O)cc2)C1)c1csc2ccccc12.Cl. The number of carboxylic acid groups (broad SMARTS) is 1. The lowest BCUT2D eigenvalue weighted by atomic mass is 9.95. The molecule has 0 bridgehead atoms. The molecule has 154 valence electrons. The van der Waals surface area contributed by atoms with Crippen molar-refractivity contribution >= 4 is 39.8 Å². The van der Waals surface area contributed by atoms with E-state index in [0.717, 1.165) is 5.56 Å². The third-order valence-corrected chi connectivity index (χ3v) is 6.96. The molecule has 2 aromatic carbocycles. The van der Waals surface area contributed by atoms with Crippen LogP contribution >= 0.6 is 23.7 Å². The number of nitrogens with one attached hydrogen (secondary N) is 1. The molecule has 0 spiro atoms. The van der Waals surface area contributed by atoms with E-state index in [1.807, 2.05) is 11.3 Å². The van der Waals surface area contributed by atoms with Crippen molar-refractivity contribution in [2.45, 2.75) is 57.0 Å². The highest BCUT2D eigenvalue weighted by molar-refractivity contribution is 7.17. The Labute approximate surface area is 182 Å². The molecule has 4 rings (SSSR count). The van der Waals surface area contributed by atoms with Crippen molar-refractivity contribution in [3.8, 4) is 0 Å². The van der Waals surface area contributed by atoms with Crippen LogP contribution in [0.25, 0.3) is 10.1 Å². The Balaban J connectivity index is 0.00000240. The van der Waals surface area contributed by atoms with E-state index >= 15 is 0 Å². The van der Waals surface area contributed by atoms with Gasteiger partial charge in [-0.05, 0) is 72.0 Å². The van der Waals surface area contributed by atoms with E-state index in [2.05, 4.69) is 66.2 Å². The summed E-state index contributed by atoms with van der Waals surface area (Å²) < 4.78 is 1.36. The van der Waals surface area contributed by atoms with Crippen molar-refractivity contribution in [2.75, 3.05) is 0 Å². The van der Waals surface area contributed by atoms with Crippen LogP contribution in [-0.2, 0) is 11.2 Å². The number of carbonyl (C=O) groups is 1. The molecular weight excluding hydrogens is 402 g/mol. The Bertz CT molecular complexity index is 953. The van der Waals surface area contributed by atoms with Gasteiger partial charge in [0.1, 0.15) is 0 Å². The van der Waals surface area contributed by atoms with Gasteiger partial charge in [-0.2, -0.15) is 0 Å². The Morgan fingerprint density at radius 2 is 1.93 bits per heavy atom. The van der Waals surface area contributed by atoms with E-state index in [1.54, 1.807) is 0 Å². The van der Waals surface area contributed by atoms with E-state index in [-0.39, 0.29) is 18.8 Å². The van der Waals surface area contributed by atoms with Crippen molar-refractivity contribution in [2.24, 2.45) is 0 Å². The maximum Gasteiger partial charge on any atom is 0.303 e. The molecule has 5 heteroatoms. The molecule has 1 aliphatic rings. The van der Waals surface area contributed by atoms with E-state index in [1.165, 1.54) is 40.5 Å². The number of aliphatic carboxylic acids is 1. The van der Waals surface area contributed by atoms with Crippen molar-refractivity contribution in [3.63, 3.8) is 0 Å². The summed E-state index contributed by atoms with van der Waals surface area (Å²) in [6.45, 7) is 2.28. The van der Waals surface area contributed by atoms with Gasteiger partial charge in [0.15, 0.2) is 0 Å².